The van der Waals surface area contributed by atoms with Gasteiger partial charge in [0.2, 0.25) is 11.8 Å². The lowest BCUT2D eigenvalue weighted by Gasteiger charge is -2.22. The molecule has 9 heteroatoms. The van der Waals surface area contributed by atoms with Crippen LogP contribution in [0.15, 0.2) is 60.8 Å². The highest BCUT2D eigenvalue weighted by Crippen LogP contribution is 2.07. The summed E-state index contributed by atoms with van der Waals surface area (Å²) in [5.74, 6) is -1.99. The van der Waals surface area contributed by atoms with Gasteiger partial charge >= 0.3 is 5.97 Å². The Bertz CT molecular complexity index is 925. The van der Waals surface area contributed by atoms with Crippen LogP contribution < -0.4 is 16.4 Å². The zero-order chi connectivity index (χ0) is 23.3. The number of aromatic amines is 1. The molecule has 2 aromatic rings. The first kappa shape index (κ1) is 24.4. The van der Waals surface area contributed by atoms with E-state index in [4.69, 9.17) is 10.5 Å². The van der Waals surface area contributed by atoms with E-state index >= 15 is 0 Å². The van der Waals surface area contributed by atoms with Crippen molar-refractivity contribution in [1.82, 2.24) is 15.6 Å². The highest BCUT2D eigenvalue weighted by molar-refractivity contribution is 5.96. The zero-order valence-corrected chi connectivity index (χ0v) is 17.9. The van der Waals surface area contributed by atoms with Gasteiger partial charge in [0.25, 0.3) is 5.91 Å². The molecular formula is C23H28N4O5. The number of nitrogens with two attached hydrogens (primary N) is 1. The fourth-order valence-corrected chi connectivity index (χ4v) is 2.95. The number of esters is 1. The minimum atomic E-state index is -0.889. The number of benzene rings is 1. The summed E-state index contributed by atoms with van der Waals surface area (Å²) in [4.78, 5) is 51.3. The van der Waals surface area contributed by atoms with Gasteiger partial charge in [0.05, 0.1) is 6.61 Å². The van der Waals surface area contributed by atoms with Gasteiger partial charge in [0.15, 0.2) is 0 Å². The molecule has 170 valence electrons. The number of carbonyl (C=O) groups is 4. The van der Waals surface area contributed by atoms with Crippen LogP contribution in [0.25, 0.3) is 0 Å². The number of nitrogens with one attached hydrogen (secondary N) is 3. The second kappa shape index (κ2) is 12.7. The number of hydrogen-bond donors (Lipinski definition) is 4. The molecular weight excluding hydrogens is 412 g/mol. The number of rotatable bonds is 12. The summed E-state index contributed by atoms with van der Waals surface area (Å²) >= 11 is 0. The van der Waals surface area contributed by atoms with Crippen molar-refractivity contribution in [3.63, 3.8) is 0 Å². The third-order valence-electron chi connectivity index (χ3n) is 4.53. The highest BCUT2D eigenvalue weighted by atomic mass is 16.5. The van der Waals surface area contributed by atoms with E-state index in [1.54, 1.807) is 25.3 Å². The van der Waals surface area contributed by atoms with Crippen LogP contribution in [0.1, 0.15) is 35.8 Å². The summed E-state index contributed by atoms with van der Waals surface area (Å²) in [6, 6.07) is 11.0. The predicted molar refractivity (Wildman–Crippen MR) is 118 cm³/mol. The second-order valence-electron chi connectivity index (χ2n) is 7.03. The molecule has 0 saturated heterocycles. The Morgan fingerprint density at radius 2 is 1.84 bits per heavy atom. The maximum atomic E-state index is 13.1. The van der Waals surface area contributed by atoms with Crippen LogP contribution in [0.5, 0.6) is 0 Å². The highest BCUT2D eigenvalue weighted by Gasteiger charge is 2.24. The Kier molecular flexibility index (Phi) is 9.70. The van der Waals surface area contributed by atoms with E-state index < -0.39 is 35.8 Å². The van der Waals surface area contributed by atoms with Gasteiger partial charge in [-0.2, -0.15) is 0 Å². The van der Waals surface area contributed by atoms with Gasteiger partial charge in [-0.05, 0) is 31.0 Å². The maximum Gasteiger partial charge on any atom is 0.330 e. The topological polar surface area (TPSA) is 143 Å². The number of hydrogen-bond acceptors (Lipinski definition) is 5. The average Bonchev–Trinajstić information content (AvgIpc) is 3.31. The summed E-state index contributed by atoms with van der Waals surface area (Å²) in [5.41, 5.74) is 6.41. The van der Waals surface area contributed by atoms with Crippen molar-refractivity contribution in [2.45, 2.75) is 38.3 Å². The van der Waals surface area contributed by atoms with E-state index in [2.05, 4.69) is 15.6 Å². The van der Waals surface area contributed by atoms with Gasteiger partial charge in [0, 0.05) is 31.2 Å². The minimum absolute atomic E-state index is 0.0102. The quantitative estimate of drug-likeness (QED) is 0.290. The second-order valence-corrected chi connectivity index (χ2v) is 7.03. The van der Waals surface area contributed by atoms with Crippen molar-refractivity contribution in [3.8, 4) is 0 Å². The molecule has 2 rings (SSSR count). The Balaban J connectivity index is 2.16. The zero-order valence-electron chi connectivity index (χ0n) is 17.9. The lowest BCUT2D eigenvalue weighted by molar-refractivity contribution is -0.137. The average molecular weight is 441 g/mol. The van der Waals surface area contributed by atoms with Crippen molar-refractivity contribution in [2.24, 2.45) is 5.73 Å². The first-order valence-corrected chi connectivity index (χ1v) is 10.3. The number of primary amides is 1. The molecule has 0 radical (unpaired) electrons. The first-order valence-electron chi connectivity index (χ1n) is 10.3. The lowest BCUT2D eigenvalue weighted by atomic mass is 10.0. The Hall–Kier alpha value is -3.88. The predicted octanol–water partition coefficient (Wildman–Crippen LogP) is 1.23. The summed E-state index contributed by atoms with van der Waals surface area (Å²) in [5, 5.41) is 5.51. The molecule has 1 aromatic heterocycles. The maximum absolute atomic E-state index is 13.1. The van der Waals surface area contributed by atoms with Crippen molar-refractivity contribution >= 4 is 23.7 Å². The van der Waals surface area contributed by atoms with Gasteiger partial charge in [-0.25, -0.2) is 4.79 Å². The van der Waals surface area contributed by atoms with E-state index in [0.29, 0.717) is 5.69 Å². The van der Waals surface area contributed by atoms with E-state index in [1.165, 1.54) is 12.2 Å². The normalized spacial score (nSPS) is 12.7. The number of carbonyl (C=O) groups excluding carboxylic acids is 4. The van der Waals surface area contributed by atoms with E-state index in [0.717, 1.165) is 5.56 Å². The minimum Gasteiger partial charge on any atom is -0.463 e. The Labute approximate surface area is 186 Å². The molecule has 1 heterocycles. The summed E-state index contributed by atoms with van der Waals surface area (Å²) in [6.07, 6.45) is 4.71. The van der Waals surface area contributed by atoms with E-state index in [1.807, 2.05) is 30.3 Å². The standard InChI is InChI=1S/C23H28N4O5/c1-2-32-21(29)13-11-17(10-12-20(24)28)26-23(31)19(15-16-7-4-3-5-8-16)27-22(30)18-9-6-14-25-18/h3-9,11,13-14,17,19,25H,2,10,12,15H2,1H3,(H2,24,28)(H,26,31)(H,27,30)/t17-,19-/m0/s1. The molecule has 32 heavy (non-hydrogen) atoms. The third-order valence-corrected chi connectivity index (χ3v) is 4.53. The third kappa shape index (κ3) is 8.47. The molecule has 0 aliphatic heterocycles. The molecule has 0 aliphatic carbocycles. The van der Waals surface area contributed by atoms with Crippen LogP contribution in [-0.2, 0) is 25.5 Å². The number of amides is 3. The van der Waals surface area contributed by atoms with Gasteiger partial charge in [0.1, 0.15) is 11.7 Å². The lowest BCUT2D eigenvalue weighted by Crippen LogP contribution is -2.50. The molecule has 3 amide bonds. The number of ether oxygens (including phenoxy) is 1. The van der Waals surface area contributed by atoms with Crippen LogP contribution in [0.3, 0.4) is 0 Å². The van der Waals surface area contributed by atoms with Crippen LogP contribution >= 0.6 is 0 Å². The number of aromatic nitrogens is 1. The van der Waals surface area contributed by atoms with Crippen LogP contribution in [0.2, 0.25) is 0 Å². The SMILES string of the molecule is CCOC(=O)C=C[C@H](CCC(N)=O)NC(=O)[C@H](Cc1ccccc1)NC(=O)c1ccc[nH]1. The fraction of sp³-hybridized carbons (Fsp3) is 0.304. The Morgan fingerprint density at radius 3 is 2.47 bits per heavy atom. The van der Waals surface area contributed by atoms with Crippen molar-refractivity contribution in [2.75, 3.05) is 6.61 Å². The van der Waals surface area contributed by atoms with Gasteiger partial charge in [-0.1, -0.05) is 36.4 Å². The molecule has 9 nitrogen and oxygen atoms in total. The molecule has 5 N–H and O–H groups in total. The summed E-state index contributed by atoms with van der Waals surface area (Å²) in [6.45, 7) is 1.89. The molecule has 0 unspecified atom stereocenters. The molecule has 0 spiro atoms. The van der Waals surface area contributed by atoms with Crippen LogP contribution in [0, 0.1) is 0 Å². The van der Waals surface area contributed by atoms with Gasteiger partial charge in [-0.3, -0.25) is 14.4 Å². The largest absolute Gasteiger partial charge is 0.463 e. The Morgan fingerprint density at radius 1 is 1.09 bits per heavy atom. The fourth-order valence-electron chi connectivity index (χ4n) is 2.95. The van der Waals surface area contributed by atoms with E-state index in [-0.39, 0.29) is 25.9 Å². The molecule has 0 bridgehead atoms. The molecule has 0 fully saturated rings. The molecule has 0 aliphatic rings. The van der Waals surface area contributed by atoms with E-state index in [9.17, 15) is 19.2 Å². The summed E-state index contributed by atoms with van der Waals surface area (Å²) < 4.78 is 4.85. The monoisotopic (exact) mass is 440 g/mol. The van der Waals surface area contributed by atoms with Gasteiger partial charge in [-0.15, -0.1) is 0 Å². The van der Waals surface area contributed by atoms with Gasteiger partial charge < -0.3 is 26.1 Å². The van der Waals surface area contributed by atoms with Crippen LogP contribution in [-0.4, -0.2) is 47.4 Å². The van der Waals surface area contributed by atoms with Crippen molar-refractivity contribution in [3.05, 3.63) is 72.1 Å². The molecule has 0 saturated carbocycles. The van der Waals surface area contributed by atoms with Crippen LogP contribution in [0.4, 0.5) is 0 Å². The smallest absolute Gasteiger partial charge is 0.330 e. The van der Waals surface area contributed by atoms with Crippen molar-refractivity contribution < 1.29 is 23.9 Å². The molecule has 2 atom stereocenters. The summed E-state index contributed by atoms with van der Waals surface area (Å²) in [7, 11) is 0. The first-order chi connectivity index (χ1) is 15.4. The molecule has 1 aromatic carbocycles. The number of H-pyrrole nitrogens is 1. The van der Waals surface area contributed by atoms with Crippen molar-refractivity contribution in [1.29, 1.82) is 0 Å².